The number of likely N-dealkylation sites (tertiary alicyclic amines) is 1. The van der Waals surface area contributed by atoms with Crippen LogP contribution in [-0.4, -0.2) is 42.1 Å². The van der Waals surface area contributed by atoms with Crippen LogP contribution in [0.25, 0.3) is 10.9 Å². The number of hydrogen-bond donors (Lipinski definition) is 3. The van der Waals surface area contributed by atoms with Crippen LogP contribution < -0.4 is 16.1 Å². The van der Waals surface area contributed by atoms with Crippen LogP contribution in [0.1, 0.15) is 24.8 Å². The number of H-pyrrole nitrogens is 1. The zero-order valence-electron chi connectivity index (χ0n) is 14.0. The number of nitrogens with zero attached hydrogens (tertiary/aromatic N) is 1. The third-order valence-corrected chi connectivity index (χ3v) is 4.45. The molecule has 0 atom stereocenters. The number of aromatic amines is 1. The van der Waals surface area contributed by atoms with Crippen molar-refractivity contribution in [1.29, 1.82) is 0 Å². The standard InChI is InChI=1S/C18H24N4O2/c1-13-5-6-15-14(11-13)17(23)16(12-20-15)21-18(24)19-7-10-22-8-3-2-4-9-22/h5-6,11-12H,2-4,7-10H2,1H3,(H,20,23)(H2,19,21,24). The number of carbonyl (C=O) groups is 1. The summed E-state index contributed by atoms with van der Waals surface area (Å²) >= 11 is 0. The van der Waals surface area contributed by atoms with Crippen molar-refractivity contribution in [3.63, 3.8) is 0 Å². The van der Waals surface area contributed by atoms with E-state index in [4.69, 9.17) is 0 Å². The summed E-state index contributed by atoms with van der Waals surface area (Å²) in [6, 6.07) is 5.30. The van der Waals surface area contributed by atoms with E-state index in [0.29, 0.717) is 11.9 Å². The minimum absolute atomic E-state index is 0.168. The SMILES string of the molecule is Cc1ccc2[nH]cc(NC(=O)NCCN3CCCCC3)c(=O)c2c1. The molecule has 2 amide bonds. The molecule has 3 N–H and O–H groups in total. The summed E-state index contributed by atoms with van der Waals surface area (Å²) in [5.74, 6) is 0. The molecule has 1 aliphatic heterocycles. The van der Waals surface area contributed by atoms with Gasteiger partial charge < -0.3 is 20.5 Å². The van der Waals surface area contributed by atoms with Crippen molar-refractivity contribution in [2.45, 2.75) is 26.2 Å². The first-order chi connectivity index (χ1) is 11.6. The summed E-state index contributed by atoms with van der Waals surface area (Å²) in [4.78, 5) is 29.9. The van der Waals surface area contributed by atoms with E-state index in [1.54, 1.807) is 6.20 Å². The average molecular weight is 328 g/mol. The van der Waals surface area contributed by atoms with Crippen LogP contribution in [0.5, 0.6) is 0 Å². The van der Waals surface area contributed by atoms with Crippen LogP contribution in [0.2, 0.25) is 0 Å². The molecule has 24 heavy (non-hydrogen) atoms. The number of anilines is 1. The minimum Gasteiger partial charge on any atom is -0.359 e. The van der Waals surface area contributed by atoms with Gasteiger partial charge in [-0.05, 0) is 45.0 Å². The number of fused-ring (bicyclic) bond motifs is 1. The number of nitrogens with one attached hydrogen (secondary N) is 3. The zero-order chi connectivity index (χ0) is 16.9. The molecule has 0 bridgehead atoms. The molecule has 0 aliphatic carbocycles. The molecule has 1 aromatic heterocycles. The highest BCUT2D eigenvalue weighted by molar-refractivity contribution is 5.91. The molecule has 6 heteroatoms. The van der Waals surface area contributed by atoms with Gasteiger partial charge in [0.15, 0.2) is 0 Å². The number of aromatic nitrogens is 1. The number of aryl methyl sites for hydroxylation is 1. The molecular weight excluding hydrogens is 304 g/mol. The van der Waals surface area contributed by atoms with Crippen molar-refractivity contribution in [1.82, 2.24) is 15.2 Å². The Kier molecular flexibility index (Phi) is 5.15. The largest absolute Gasteiger partial charge is 0.359 e. The molecular formula is C18H24N4O2. The van der Waals surface area contributed by atoms with E-state index in [1.165, 1.54) is 19.3 Å². The Balaban J connectivity index is 1.58. The lowest BCUT2D eigenvalue weighted by Crippen LogP contribution is -2.39. The smallest absolute Gasteiger partial charge is 0.319 e. The molecule has 2 heterocycles. The third kappa shape index (κ3) is 3.94. The normalized spacial score (nSPS) is 15.4. The van der Waals surface area contributed by atoms with Crippen LogP contribution in [0.15, 0.2) is 29.2 Å². The number of urea groups is 1. The summed E-state index contributed by atoms with van der Waals surface area (Å²) in [5, 5.41) is 6.05. The van der Waals surface area contributed by atoms with E-state index in [0.717, 1.165) is 30.7 Å². The number of piperidine rings is 1. The quantitative estimate of drug-likeness (QED) is 0.807. The van der Waals surface area contributed by atoms with E-state index < -0.39 is 0 Å². The number of pyridine rings is 1. The van der Waals surface area contributed by atoms with Crippen molar-refractivity contribution < 1.29 is 4.79 Å². The Morgan fingerprint density at radius 1 is 1.25 bits per heavy atom. The van der Waals surface area contributed by atoms with Gasteiger partial charge in [0.2, 0.25) is 5.43 Å². The van der Waals surface area contributed by atoms with E-state index in [1.807, 2.05) is 25.1 Å². The Labute approximate surface area is 141 Å². The topological polar surface area (TPSA) is 77.2 Å². The van der Waals surface area contributed by atoms with Crippen LogP contribution >= 0.6 is 0 Å². The van der Waals surface area contributed by atoms with E-state index in [2.05, 4.69) is 20.5 Å². The van der Waals surface area contributed by atoms with Gasteiger partial charge in [0, 0.05) is 30.2 Å². The Morgan fingerprint density at radius 3 is 2.83 bits per heavy atom. The van der Waals surface area contributed by atoms with Gasteiger partial charge in [-0.15, -0.1) is 0 Å². The maximum atomic E-state index is 12.5. The summed E-state index contributed by atoms with van der Waals surface area (Å²) < 4.78 is 0. The predicted molar refractivity (Wildman–Crippen MR) is 96.6 cm³/mol. The van der Waals surface area contributed by atoms with Crippen molar-refractivity contribution in [3.05, 3.63) is 40.2 Å². The fraction of sp³-hybridized carbons (Fsp3) is 0.444. The molecule has 1 fully saturated rings. The maximum Gasteiger partial charge on any atom is 0.319 e. The third-order valence-electron chi connectivity index (χ3n) is 4.45. The van der Waals surface area contributed by atoms with Gasteiger partial charge in [0.25, 0.3) is 0 Å². The van der Waals surface area contributed by atoms with Crippen molar-refractivity contribution in [3.8, 4) is 0 Å². The number of benzene rings is 1. The highest BCUT2D eigenvalue weighted by Gasteiger charge is 2.11. The first kappa shape index (κ1) is 16.5. The Bertz CT molecular complexity index is 778. The molecule has 0 unspecified atom stereocenters. The monoisotopic (exact) mass is 328 g/mol. The van der Waals surface area contributed by atoms with Crippen LogP contribution in [-0.2, 0) is 0 Å². The van der Waals surface area contributed by atoms with Gasteiger partial charge in [-0.25, -0.2) is 4.79 Å². The van der Waals surface area contributed by atoms with Crippen LogP contribution in [0.4, 0.5) is 10.5 Å². The molecule has 0 radical (unpaired) electrons. The lowest BCUT2D eigenvalue weighted by molar-refractivity contribution is 0.224. The molecule has 2 aromatic rings. The van der Waals surface area contributed by atoms with Crippen LogP contribution in [0, 0.1) is 6.92 Å². The first-order valence-electron chi connectivity index (χ1n) is 8.53. The number of carbonyl (C=O) groups excluding carboxylic acids is 1. The second kappa shape index (κ2) is 7.49. The summed E-state index contributed by atoms with van der Waals surface area (Å²) in [5.41, 5.74) is 1.87. The number of hydrogen-bond acceptors (Lipinski definition) is 3. The molecule has 6 nitrogen and oxygen atoms in total. The predicted octanol–water partition coefficient (Wildman–Crippen LogP) is 2.44. The molecule has 128 valence electrons. The second-order valence-electron chi connectivity index (χ2n) is 6.36. The molecule has 0 saturated carbocycles. The molecule has 1 saturated heterocycles. The minimum atomic E-state index is -0.343. The van der Waals surface area contributed by atoms with Crippen molar-refractivity contribution in [2.75, 3.05) is 31.5 Å². The van der Waals surface area contributed by atoms with Gasteiger partial charge in [-0.1, -0.05) is 18.1 Å². The first-order valence-corrected chi connectivity index (χ1v) is 8.53. The molecule has 1 aliphatic rings. The number of amides is 2. The van der Waals surface area contributed by atoms with Crippen molar-refractivity contribution in [2.24, 2.45) is 0 Å². The van der Waals surface area contributed by atoms with Gasteiger partial charge in [0.1, 0.15) is 5.69 Å². The highest BCUT2D eigenvalue weighted by atomic mass is 16.2. The summed E-state index contributed by atoms with van der Waals surface area (Å²) in [6.07, 6.45) is 5.31. The van der Waals surface area contributed by atoms with Gasteiger partial charge in [0.05, 0.1) is 0 Å². The summed E-state index contributed by atoms with van der Waals surface area (Å²) in [7, 11) is 0. The molecule has 0 spiro atoms. The lowest BCUT2D eigenvalue weighted by Gasteiger charge is -2.26. The molecule has 1 aromatic carbocycles. The van der Waals surface area contributed by atoms with E-state index >= 15 is 0 Å². The Morgan fingerprint density at radius 2 is 2.04 bits per heavy atom. The van der Waals surface area contributed by atoms with Gasteiger partial charge in [-0.3, -0.25) is 4.79 Å². The lowest BCUT2D eigenvalue weighted by atomic mass is 10.1. The Hall–Kier alpha value is -2.34. The molecule has 3 rings (SSSR count). The zero-order valence-corrected chi connectivity index (χ0v) is 14.0. The van der Waals surface area contributed by atoms with E-state index in [-0.39, 0.29) is 17.1 Å². The fourth-order valence-corrected chi connectivity index (χ4v) is 3.10. The fourth-order valence-electron chi connectivity index (χ4n) is 3.10. The maximum absolute atomic E-state index is 12.5. The second-order valence-corrected chi connectivity index (χ2v) is 6.36. The average Bonchev–Trinajstić information content (AvgIpc) is 2.59. The highest BCUT2D eigenvalue weighted by Crippen LogP contribution is 2.12. The number of rotatable bonds is 4. The van der Waals surface area contributed by atoms with Gasteiger partial charge >= 0.3 is 6.03 Å². The van der Waals surface area contributed by atoms with E-state index in [9.17, 15) is 9.59 Å². The summed E-state index contributed by atoms with van der Waals surface area (Å²) in [6.45, 7) is 5.57. The van der Waals surface area contributed by atoms with Crippen LogP contribution in [0.3, 0.4) is 0 Å². The van der Waals surface area contributed by atoms with Crippen molar-refractivity contribution >= 4 is 22.6 Å². The van der Waals surface area contributed by atoms with Gasteiger partial charge in [-0.2, -0.15) is 0 Å².